The molecule has 196 valence electrons. The Labute approximate surface area is 211 Å². The largest absolute Gasteiger partial charge is 0.480 e. The van der Waals surface area contributed by atoms with E-state index in [1.165, 1.54) is 26.3 Å². The van der Waals surface area contributed by atoms with Crippen LogP contribution in [0.4, 0.5) is 13.2 Å². The molecule has 3 aromatic heterocycles. The number of alkyl halides is 3. The summed E-state index contributed by atoms with van der Waals surface area (Å²) in [5.74, 6) is -1.26. The van der Waals surface area contributed by atoms with Crippen LogP contribution >= 0.6 is 11.3 Å². The lowest BCUT2D eigenvalue weighted by Gasteiger charge is -2.25. The van der Waals surface area contributed by atoms with Crippen molar-refractivity contribution in [2.75, 3.05) is 6.61 Å². The lowest BCUT2D eigenvalue weighted by molar-refractivity contribution is -0.187. The molecule has 0 aliphatic rings. The van der Waals surface area contributed by atoms with Crippen LogP contribution < -0.4 is 11.2 Å². The first kappa shape index (κ1) is 26.4. The molecule has 4 rings (SSSR count). The molecule has 0 bridgehead atoms. The number of hydrogen-bond acceptors (Lipinski definition) is 7. The molecule has 0 aliphatic carbocycles. The Morgan fingerprint density at radius 1 is 1.22 bits per heavy atom. The Hall–Kier alpha value is -3.71. The molecule has 13 heteroatoms. The van der Waals surface area contributed by atoms with Crippen molar-refractivity contribution in [2.24, 2.45) is 0 Å². The first-order valence-electron chi connectivity index (χ1n) is 11.0. The first-order valence-corrected chi connectivity index (χ1v) is 11.8. The molecule has 0 fully saturated rings. The Kier molecular flexibility index (Phi) is 6.86. The summed E-state index contributed by atoms with van der Waals surface area (Å²) in [7, 11) is 0. The fraction of sp³-hybridized carbons (Fsp3) is 0.333. The minimum atomic E-state index is -4.63. The number of carboxylic acids is 1. The number of benzene rings is 1. The van der Waals surface area contributed by atoms with Crippen LogP contribution in [0.15, 0.2) is 56.8 Å². The third-order valence-electron chi connectivity index (χ3n) is 5.89. The lowest BCUT2D eigenvalue weighted by atomic mass is 10.1. The summed E-state index contributed by atoms with van der Waals surface area (Å²) in [5.41, 5.74) is -3.05. The number of ether oxygens (including phenoxy) is 1. The molecule has 37 heavy (non-hydrogen) atoms. The van der Waals surface area contributed by atoms with Gasteiger partial charge in [0.15, 0.2) is 0 Å². The predicted molar refractivity (Wildman–Crippen MR) is 129 cm³/mol. The van der Waals surface area contributed by atoms with Gasteiger partial charge in [-0.05, 0) is 31.9 Å². The van der Waals surface area contributed by atoms with Gasteiger partial charge in [-0.1, -0.05) is 30.3 Å². The Bertz CT molecular complexity index is 1550. The van der Waals surface area contributed by atoms with Crippen LogP contribution in [-0.4, -0.2) is 38.0 Å². The summed E-state index contributed by atoms with van der Waals surface area (Å²) in [6.07, 6.45) is -3.15. The van der Waals surface area contributed by atoms with Gasteiger partial charge in [-0.15, -0.1) is 11.3 Å². The van der Waals surface area contributed by atoms with Gasteiger partial charge in [0, 0.05) is 0 Å². The fourth-order valence-electron chi connectivity index (χ4n) is 3.92. The maximum Gasteiger partial charge on any atom is 0.411 e. The Morgan fingerprint density at radius 3 is 2.46 bits per heavy atom. The van der Waals surface area contributed by atoms with Gasteiger partial charge in [0.2, 0.25) is 5.89 Å². The summed E-state index contributed by atoms with van der Waals surface area (Å²) in [5, 5.41) is 9.82. The van der Waals surface area contributed by atoms with Crippen molar-refractivity contribution in [2.45, 2.75) is 45.1 Å². The van der Waals surface area contributed by atoms with E-state index in [1.54, 1.807) is 37.3 Å². The van der Waals surface area contributed by atoms with Crippen molar-refractivity contribution in [1.82, 2.24) is 14.1 Å². The highest BCUT2D eigenvalue weighted by atomic mass is 32.1. The molecule has 0 aliphatic heterocycles. The molecule has 0 spiro atoms. The number of oxazole rings is 1. The average Bonchev–Trinajstić information content (AvgIpc) is 3.46. The van der Waals surface area contributed by atoms with Gasteiger partial charge < -0.3 is 14.3 Å². The second kappa shape index (κ2) is 9.63. The maximum atomic E-state index is 13.7. The summed E-state index contributed by atoms with van der Waals surface area (Å²) < 4.78 is 51.4. The highest BCUT2D eigenvalue weighted by Gasteiger charge is 2.36. The summed E-state index contributed by atoms with van der Waals surface area (Å²) >= 11 is 0.993. The lowest BCUT2D eigenvalue weighted by Crippen LogP contribution is -2.52. The topological polar surface area (TPSA) is 117 Å². The SMILES string of the molecule is Cc1c(-c2ncco2)sc2c1c(=O)n(C(C)(C)C(=O)O)c(=O)n2C[C@H](OCC(F)(F)F)c1ccccc1. The number of carbonyl (C=O) groups is 1. The van der Waals surface area contributed by atoms with Crippen molar-refractivity contribution in [1.29, 1.82) is 0 Å². The molecule has 0 unspecified atom stereocenters. The number of nitrogens with zero attached hydrogens (tertiary/aromatic N) is 3. The second-order valence-electron chi connectivity index (χ2n) is 8.80. The van der Waals surface area contributed by atoms with Crippen LogP contribution in [-0.2, 0) is 21.6 Å². The molecule has 4 aromatic rings. The normalized spacial score (nSPS) is 13.2. The van der Waals surface area contributed by atoms with Gasteiger partial charge in [-0.25, -0.2) is 19.1 Å². The molecule has 1 N–H and O–H groups in total. The Balaban J connectivity index is 2.00. The molecule has 1 atom stereocenters. The van der Waals surface area contributed by atoms with E-state index in [0.717, 1.165) is 15.9 Å². The fourth-order valence-corrected chi connectivity index (χ4v) is 5.16. The molecular formula is C24H22F3N3O6S. The van der Waals surface area contributed by atoms with E-state index in [0.29, 0.717) is 20.6 Å². The van der Waals surface area contributed by atoms with Crippen LogP contribution in [0.25, 0.3) is 21.0 Å². The number of thiophene rings is 1. The molecule has 1 aromatic carbocycles. The molecule has 9 nitrogen and oxygen atoms in total. The number of rotatable bonds is 8. The number of carboxylic acid groups (broad SMARTS) is 1. The van der Waals surface area contributed by atoms with E-state index in [2.05, 4.69) is 4.98 Å². The zero-order valence-electron chi connectivity index (χ0n) is 19.9. The minimum absolute atomic E-state index is 0.0368. The third kappa shape index (κ3) is 4.96. The highest BCUT2D eigenvalue weighted by molar-refractivity contribution is 7.22. The van der Waals surface area contributed by atoms with E-state index >= 15 is 0 Å². The number of halogens is 3. The minimum Gasteiger partial charge on any atom is -0.480 e. The van der Waals surface area contributed by atoms with Crippen molar-refractivity contribution >= 4 is 27.5 Å². The number of aryl methyl sites for hydroxylation is 1. The Morgan fingerprint density at radius 2 is 1.89 bits per heavy atom. The van der Waals surface area contributed by atoms with Crippen LogP contribution in [0.2, 0.25) is 0 Å². The average molecular weight is 538 g/mol. The van der Waals surface area contributed by atoms with Gasteiger partial charge in [0.05, 0.1) is 23.0 Å². The molecule has 0 saturated carbocycles. The van der Waals surface area contributed by atoms with Crippen molar-refractivity contribution in [3.8, 4) is 10.8 Å². The highest BCUT2D eigenvalue weighted by Crippen LogP contribution is 2.36. The van der Waals surface area contributed by atoms with E-state index in [1.807, 2.05) is 0 Å². The zero-order chi connectivity index (χ0) is 27.1. The van der Waals surface area contributed by atoms with Gasteiger partial charge >= 0.3 is 17.8 Å². The maximum absolute atomic E-state index is 13.7. The molecule has 0 amide bonds. The van der Waals surface area contributed by atoms with Gasteiger partial charge in [0.1, 0.15) is 29.3 Å². The number of hydrogen-bond donors (Lipinski definition) is 1. The first-order chi connectivity index (χ1) is 17.3. The molecule has 0 saturated heterocycles. The third-order valence-corrected chi connectivity index (χ3v) is 7.19. The summed E-state index contributed by atoms with van der Waals surface area (Å²) in [6, 6.07) is 8.01. The summed E-state index contributed by atoms with van der Waals surface area (Å²) in [6.45, 7) is 1.99. The molecule has 0 radical (unpaired) electrons. The van der Waals surface area contributed by atoms with Gasteiger partial charge in [-0.3, -0.25) is 9.36 Å². The second-order valence-corrected chi connectivity index (χ2v) is 9.80. The van der Waals surface area contributed by atoms with Crippen molar-refractivity contribution in [3.63, 3.8) is 0 Å². The smallest absolute Gasteiger partial charge is 0.411 e. The van der Waals surface area contributed by atoms with Gasteiger partial charge in [0.25, 0.3) is 5.56 Å². The summed E-state index contributed by atoms with van der Waals surface area (Å²) in [4.78, 5) is 43.9. The van der Waals surface area contributed by atoms with E-state index < -0.39 is 48.2 Å². The van der Waals surface area contributed by atoms with Gasteiger partial charge in [-0.2, -0.15) is 13.2 Å². The van der Waals surface area contributed by atoms with E-state index in [9.17, 15) is 32.7 Å². The van der Waals surface area contributed by atoms with Crippen LogP contribution in [0.1, 0.15) is 31.1 Å². The van der Waals surface area contributed by atoms with Crippen LogP contribution in [0.5, 0.6) is 0 Å². The van der Waals surface area contributed by atoms with E-state index in [4.69, 9.17) is 9.15 Å². The standard InChI is InChI=1S/C24H22F3N3O6S/c1-13-16-19(31)30(23(2,3)21(32)33)22(34)29(20(16)37-17(13)18-28-9-10-35-18)11-15(36-12-24(25,26)27)14-7-5-4-6-8-14/h4-10,15H,11-12H2,1-3H3,(H,32,33)/t15-/m0/s1. The number of fused-ring (bicyclic) bond motifs is 1. The number of aliphatic carboxylic acids is 1. The van der Waals surface area contributed by atoms with Crippen molar-refractivity contribution < 1.29 is 32.2 Å². The van der Waals surface area contributed by atoms with E-state index in [-0.39, 0.29) is 16.1 Å². The monoisotopic (exact) mass is 537 g/mol. The molecule has 3 heterocycles. The zero-order valence-corrected chi connectivity index (χ0v) is 20.7. The van der Waals surface area contributed by atoms with Crippen LogP contribution in [0, 0.1) is 6.92 Å². The van der Waals surface area contributed by atoms with Crippen molar-refractivity contribution in [3.05, 3.63) is 74.8 Å². The number of aromatic nitrogens is 3. The molecular weight excluding hydrogens is 515 g/mol. The van der Waals surface area contributed by atoms with Crippen LogP contribution in [0.3, 0.4) is 0 Å². The quantitative estimate of drug-likeness (QED) is 0.356. The predicted octanol–water partition coefficient (Wildman–Crippen LogP) is 4.33.